The van der Waals surface area contributed by atoms with Crippen LogP contribution in [-0.4, -0.2) is 62.7 Å². The zero-order chi connectivity index (χ0) is 14.6. The maximum Gasteiger partial charge on any atom is 0.279 e. The highest BCUT2D eigenvalue weighted by Gasteiger charge is 2.35. The first kappa shape index (κ1) is 16.0. The number of nitrogens with two attached hydrogens (primary N) is 1. The van der Waals surface area contributed by atoms with E-state index < -0.39 is 22.2 Å². The van der Waals surface area contributed by atoms with E-state index in [0.717, 1.165) is 9.21 Å². The Balaban J connectivity index is 2.68. The maximum atomic E-state index is 12.0. The van der Waals surface area contributed by atoms with E-state index in [-0.39, 0.29) is 25.3 Å². The Kier molecular flexibility index (Phi) is 5.41. The molecule has 110 valence electrons. The van der Waals surface area contributed by atoms with Gasteiger partial charge in [0.25, 0.3) is 10.2 Å². The molecule has 0 spiro atoms. The first-order valence-corrected chi connectivity index (χ1v) is 7.47. The Morgan fingerprint density at radius 1 is 1.47 bits per heavy atom. The SMILES string of the molecule is CN1C(=O)CCC(NS(=O)(=O)N(C)CCCN)C1=O. The van der Waals surface area contributed by atoms with E-state index in [4.69, 9.17) is 5.73 Å². The summed E-state index contributed by atoms with van der Waals surface area (Å²) in [6.07, 6.45) is 0.877. The minimum Gasteiger partial charge on any atom is -0.330 e. The number of carbonyl (C=O) groups is 2. The standard InChI is InChI=1S/C10H20N4O4S/c1-13(7-3-6-11)19(17,18)12-8-4-5-9(15)14(2)10(8)16/h8,12H,3-7,11H2,1-2H3. The highest BCUT2D eigenvalue weighted by atomic mass is 32.2. The molecule has 19 heavy (non-hydrogen) atoms. The highest BCUT2D eigenvalue weighted by molar-refractivity contribution is 7.87. The van der Waals surface area contributed by atoms with Crippen molar-refractivity contribution in [1.82, 2.24) is 13.9 Å². The van der Waals surface area contributed by atoms with Crippen LogP contribution in [0.4, 0.5) is 0 Å². The molecule has 1 heterocycles. The molecular formula is C10H20N4O4S. The molecule has 1 rings (SSSR count). The summed E-state index contributed by atoms with van der Waals surface area (Å²) in [7, 11) is -0.970. The summed E-state index contributed by atoms with van der Waals surface area (Å²) >= 11 is 0. The lowest BCUT2D eigenvalue weighted by Gasteiger charge is -2.29. The third-order valence-corrected chi connectivity index (χ3v) is 4.61. The van der Waals surface area contributed by atoms with Crippen molar-refractivity contribution >= 4 is 22.0 Å². The number of nitrogens with one attached hydrogen (secondary N) is 1. The summed E-state index contributed by atoms with van der Waals surface area (Å²) in [5.74, 6) is -0.816. The molecule has 1 aliphatic heterocycles. The summed E-state index contributed by atoms with van der Waals surface area (Å²) in [6, 6.07) is -0.881. The fraction of sp³-hybridized carbons (Fsp3) is 0.800. The summed E-state index contributed by atoms with van der Waals surface area (Å²) in [4.78, 5) is 24.0. The molecule has 9 heteroatoms. The lowest BCUT2D eigenvalue weighted by molar-refractivity contribution is -0.147. The molecule has 3 N–H and O–H groups in total. The molecule has 0 aliphatic carbocycles. The molecule has 0 saturated carbocycles. The minimum absolute atomic E-state index is 0.155. The fourth-order valence-electron chi connectivity index (χ4n) is 1.73. The van der Waals surface area contributed by atoms with Gasteiger partial charge in [0.1, 0.15) is 6.04 Å². The van der Waals surface area contributed by atoms with Crippen LogP contribution in [0.1, 0.15) is 19.3 Å². The van der Waals surface area contributed by atoms with Gasteiger partial charge in [0.05, 0.1) is 0 Å². The largest absolute Gasteiger partial charge is 0.330 e. The van der Waals surface area contributed by atoms with Gasteiger partial charge in [0.2, 0.25) is 11.8 Å². The normalized spacial score (nSPS) is 21.3. The van der Waals surface area contributed by atoms with Gasteiger partial charge in [0.15, 0.2) is 0 Å². The van der Waals surface area contributed by atoms with Gasteiger partial charge in [-0.15, -0.1) is 0 Å². The molecule has 1 aliphatic rings. The van der Waals surface area contributed by atoms with Crippen LogP contribution in [0.2, 0.25) is 0 Å². The van der Waals surface area contributed by atoms with Crippen molar-refractivity contribution in [3.8, 4) is 0 Å². The van der Waals surface area contributed by atoms with Gasteiger partial charge in [-0.25, -0.2) is 0 Å². The summed E-state index contributed by atoms with van der Waals surface area (Å²) in [5, 5.41) is 0. The fourth-order valence-corrected chi connectivity index (χ4v) is 2.86. The Morgan fingerprint density at radius 2 is 2.11 bits per heavy atom. The number of imide groups is 1. The molecule has 0 aromatic rings. The van der Waals surface area contributed by atoms with Crippen molar-refractivity contribution in [2.24, 2.45) is 5.73 Å². The second-order valence-corrected chi connectivity index (χ2v) is 6.28. The second kappa shape index (κ2) is 6.42. The van der Waals surface area contributed by atoms with Crippen molar-refractivity contribution in [2.45, 2.75) is 25.3 Å². The van der Waals surface area contributed by atoms with E-state index in [0.29, 0.717) is 13.0 Å². The van der Waals surface area contributed by atoms with Gasteiger partial charge in [0, 0.05) is 27.1 Å². The molecule has 1 unspecified atom stereocenters. The number of amides is 2. The minimum atomic E-state index is -3.74. The van der Waals surface area contributed by atoms with Gasteiger partial charge < -0.3 is 5.73 Å². The first-order valence-electron chi connectivity index (χ1n) is 6.03. The zero-order valence-electron chi connectivity index (χ0n) is 11.1. The van der Waals surface area contributed by atoms with Gasteiger partial charge >= 0.3 is 0 Å². The third kappa shape index (κ3) is 3.96. The van der Waals surface area contributed by atoms with Gasteiger partial charge in [-0.05, 0) is 19.4 Å². The zero-order valence-corrected chi connectivity index (χ0v) is 11.9. The molecule has 1 atom stereocenters. The van der Waals surface area contributed by atoms with Crippen LogP contribution in [0.15, 0.2) is 0 Å². The van der Waals surface area contributed by atoms with Crippen LogP contribution in [-0.2, 0) is 19.8 Å². The molecule has 0 bridgehead atoms. The van der Waals surface area contributed by atoms with E-state index in [9.17, 15) is 18.0 Å². The van der Waals surface area contributed by atoms with Crippen molar-refractivity contribution < 1.29 is 18.0 Å². The average Bonchev–Trinajstić information content (AvgIpc) is 2.36. The molecular weight excluding hydrogens is 272 g/mol. The van der Waals surface area contributed by atoms with Crippen LogP contribution in [0.5, 0.6) is 0 Å². The number of rotatable bonds is 6. The van der Waals surface area contributed by atoms with Crippen LogP contribution in [0.3, 0.4) is 0 Å². The van der Waals surface area contributed by atoms with E-state index in [1.165, 1.54) is 14.1 Å². The second-order valence-electron chi connectivity index (χ2n) is 4.47. The molecule has 0 aromatic carbocycles. The Labute approximate surface area is 113 Å². The molecule has 1 fully saturated rings. The average molecular weight is 292 g/mol. The summed E-state index contributed by atoms with van der Waals surface area (Å²) < 4.78 is 27.3. The van der Waals surface area contributed by atoms with Gasteiger partial charge in [-0.3, -0.25) is 14.5 Å². The molecule has 0 aromatic heterocycles. The molecule has 0 radical (unpaired) electrons. The Bertz CT molecular complexity index is 450. The number of likely N-dealkylation sites (N-methyl/N-ethyl adjacent to an activating group) is 1. The lowest BCUT2D eigenvalue weighted by atomic mass is 10.1. The quantitative estimate of drug-likeness (QED) is 0.564. The van der Waals surface area contributed by atoms with Gasteiger partial charge in [-0.2, -0.15) is 17.4 Å². The number of likely N-dealkylation sites (tertiary alicyclic amines) is 1. The smallest absolute Gasteiger partial charge is 0.279 e. The third-order valence-electron chi connectivity index (χ3n) is 3.03. The van der Waals surface area contributed by atoms with E-state index in [1.54, 1.807) is 0 Å². The van der Waals surface area contributed by atoms with Crippen LogP contribution >= 0.6 is 0 Å². The van der Waals surface area contributed by atoms with Crippen molar-refractivity contribution in [3.63, 3.8) is 0 Å². The van der Waals surface area contributed by atoms with Crippen molar-refractivity contribution in [1.29, 1.82) is 0 Å². The number of carbonyl (C=O) groups excluding carboxylic acids is 2. The predicted molar refractivity (Wildman–Crippen MR) is 69.2 cm³/mol. The van der Waals surface area contributed by atoms with Gasteiger partial charge in [-0.1, -0.05) is 0 Å². The predicted octanol–water partition coefficient (Wildman–Crippen LogP) is -1.75. The van der Waals surface area contributed by atoms with E-state index >= 15 is 0 Å². The lowest BCUT2D eigenvalue weighted by Crippen LogP contribution is -2.55. The first-order chi connectivity index (χ1) is 8.79. The number of hydrogen-bond donors (Lipinski definition) is 2. The highest BCUT2D eigenvalue weighted by Crippen LogP contribution is 2.13. The topological polar surface area (TPSA) is 113 Å². The summed E-state index contributed by atoms with van der Waals surface area (Å²) in [6.45, 7) is 0.668. The van der Waals surface area contributed by atoms with Crippen LogP contribution in [0.25, 0.3) is 0 Å². The monoisotopic (exact) mass is 292 g/mol. The molecule has 1 saturated heterocycles. The Hall–Kier alpha value is -1.03. The van der Waals surface area contributed by atoms with Crippen molar-refractivity contribution in [3.05, 3.63) is 0 Å². The Morgan fingerprint density at radius 3 is 2.68 bits per heavy atom. The number of hydrogen-bond acceptors (Lipinski definition) is 5. The molecule has 2 amide bonds. The van der Waals surface area contributed by atoms with Crippen LogP contribution in [0, 0.1) is 0 Å². The summed E-state index contributed by atoms with van der Waals surface area (Å²) in [5.41, 5.74) is 5.32. The number of piperidine rings is 1. The van der Waals surface area contributed by atoms with Crippen LogP contribution < -0.4 is 10.5 Å². The molecule has 8 nitrogen and oxygen atoms in total. The van der Waals surface area contributed by atoms with E-state index in [1.807, 2.05) is 0 Å². The number of nitrogens with zero attached hydrogens (tertiary/aromatic N) is 2. The maximum absolute atomic E-state index is 12.0. The van der Waals surface area contributed by atoms with Crippen molar-refractivity contribution in [2.75, 3.05) is 27.2 Å². The van der Waals surface area contributed by atoms with E-state index in [2.05, 4.69) is 4.72 Å².